The van der Waals surface area contributed by atoms with Crippen molar-refractivity contribution in [1.82, 2.24) is 0 Å². The molecule has 0 spiro atoms. The van der Waals surface area contributed by atoms with Crippen molar-refractivity contribution in [2.45, 2.75) is 9.79 Å². The van der Waals surface area contributed by atoms with Gasteiger partial charge in [-0.1, -0.05) is 6.07 Å². The molecule has 2 rings (SSSR count). The second kappa shape index (κ2) is 5.38. The molecule has 0 saturated heterocycles. The summed E-state index contributed by atoms with van der Waals surface area (Å²) < 4.78 is 63.0. The number of rotatable bonds is 3. The maximum atomic E-state index is 11.2. The standard InChI is InChI=1S/C12H11NO8S2/c13-7-4-8(12(15)11(5-7)23(19,20)21)6-1-2-9(14)10(3-6)22(16,17)18/h1-5,14-15H,13H2,(H,16,17,18)(H,19,20,21). The van der Waals surface area contributed by atoms with Crippen molar-refractivity contribution >= 4 is 25.9 Å². The Morgan fingerprint density at radius 2 is 1.39 bits per heavy atom. The van der Waals surface area contributed by atoms with Crippen LogP contribution in [0, 0.1) is 0 Å². The molecule has 11 heteroatoms. The average Bonchev–Trinajstić information content (AvgIpc) is 2.39. The molecule has 0 fully saturated rings. The Hall–Kier alpha value is -2.34. The molecule has 9 nitrogen and oxygen atoms in total. The van der Waals surface area contributed by atoms with Crippen LogP contribution in [0.1, 0.15) is 0 Å². The van der Waals surface area contributed by atoms with Gasteiger partial charge in [-0.25, -0.2) is 0 Å². The maximum Gasteiger partial charge on any atom is 0.298 e. The average molecular weight is 361 g/mol. The molecule has 0 amide bonds. The number of phenols is 2. The maximum absolute atomic E-state index is 11.2. The van der Waals surface area contributed by atoms with Crippen LogP contribution in [0.5, 0.6) is 11.5 Å². The second-order valence-corrected chi connectivity index (χ2v) is 7.33. The molecule has 6 N–H and O–H groups in total. The van der Waals surface area contributed by atoms with Crippen LogP contribution >= 0.6 is 0 Å². The van der Waals surface area contributed by atoms with Crippen LogP contribution in [-0.4, -0.2) is 36.2 Å². The zero-order valence-electron chi connectivity index (χ0n) is 11.2. The molecule has 0 unspecified atom stereocenters. The second-order valence-electron chi connectivity index (χ2n) is 4.55. The Bertz CT molecular complexity index is 996. The largest absolute Gasteiger partial charge is 0.506 e. The molecule has 0 aromatic heterocycles. The highest BCUT2D eigenvalue weighted by atomic mass is 32.2. The smallest absolute Gasteiger partial charge is 0.298 e. The van der Waals surface area contributed by atoms with Crippen LogP contribution in [-0.2, 0) is 20.2 Å². The minimum Gasteiger partial charge on any atom is -0.506 e. The van der Waals surface area contributed by atoms with Crippen LogP contribution in [0.25, 0.3) is 11.1 Å². The number of hydrogen-bond acceptors (Lipinski definition) is 7. The summed E-state index contributed by atoms with van der Waals surface area (Å²) in [5.41, 5.74) is 5.10. The third kappa shape index (κ3) is 3.37. The molecule has 0 aliphatic heterocycles. The van der Waals surface area contributed by atoms with Gasteiger partial charge in [0.05, 0.1) is 0 Å². The number of nitrogen functional groups attached to an aromatic ring is 1. The lowest BCUT2D eigenvalue weighted by molar-refractivity contribution is 0.440. The van der Waals surface area contributed by atoms with Crippen LogP contribution in [0.15, 0.2) is 40.1 Å². The molecule has 124 valence electrons. The van der Waals surface area contributed by atoms with Gasteiger partial charge >= 0.3 is 0 Å². The zero-order chi connectivity index (χ0) is 17.6. The van der Waals surface area contributed by atoms with Gasteiger partial charge in [-0.05, 0) is 29.8 Å². The zero-order valence-corrected chi connectivity index (χ0v) is 12.8. The molecule has 0 radical (unpaired) electrons. The van der Waals surface area contributed by atoms with Crippen molar-refractivity contribution in [2.75, 3.05) is 5.73 Å². The highest BCUT2D eigenvalue weighted by Gasteiger charge is 2.22. The van der Waals surface area contributed by atoms with Crippen molar-refractivity contribution < 1.29 is 36.2 Å². The minimum absolute atomic E-state index is 0.0647. The topological polar surface area (TPSA) is 175 Å². The number of benzene rings is 2. The van der Waals surface area contributed by atoms with E-state index in [0.717, 1.165) is 30.3 Å². The van der Waals surface area contributed by atoms with Crippen LogP contribution in [0.2, 0.25) is 0 Å². The fraction of sp³-hybridized carbons (Fsp3) is 0. The Kier molecular flexibility index (Phi) is 3.98. The van der Waals surface area contributed by atoms with E-state index in [9.17, 15) is 27.0 Å². The summed E-state index contributed by atoms with van der Waals surface area (Å²) in [6.07, 6.45) is 0. The van der Waals surface area contributed by atoms with Gasteiger partial charge in [-0.3, -0.25) is 9.11 Å². The molecule has 0 saturated carbocycles. The quantitative estimate of drug-likeness (QED) is 0.301. The first-order valence-corrected chi connectivity index (χ1v) is 8.70. The highest BCUT2D eigenvalue weighted by Crippen LogP contribution is 2.38. The predicted molar refractivity (Wildman–Crippen MR) is 79.2 cm³/mol. The Labute approximate surface area is 131 Å². The summed E-state index contributed by atoms with van der Waals surface area (Å²) in [7, 11) is -9.54. The predicted octanol–water partition coefficient (Wildman–Crippen LogP) is 0.840. The van der Waals surface area contributed by atoms with E-state index in [1.807, 2.05) is 0 Å². The molecule has 2 aromatic rings. The van der Waals surface area contributed by atoms with Crippen LogP contribution in [0.3, 0.4) is 0 Å². The third-order valence-corrected chi connectivity index (χ3v) is 4.67. The Balaban J connectivity index is 2.81. The number of nitrogens with two attached hydrogens (primary N) is 1. The van der Waals surface area contributed by atoms with E-state index < -0.39 is 41.5 Å². The summed E-state index contributed by atoms with van der Waals surface area (Å²) in [6.45, 7) is 0. The van der Waals surface area contributed by atoms with Crippen LogP contribution in [0.4, 0.5) is 5.69 Å². The number of hydrogen-bond donors (Lipinski definition) is 5. The van der Waals surface area contributed by atoms with Gasteiger partial charge in [0.1, 0.15) is 21.3 Å². The van der Waals surface area contributed by atoms with E-state index in [1.54, 1.807) is 0 Å². The van der Waals surface area contributed by atoms with E-state index in [4.69, 9.17) is 14.8 Å². The Morgan fingerprint density at radius 3 is 1.91 bits per heavy atom. The van der Waals surface area contributed by atoms with E-state index in [2.05, 4.69) is 0 Å². The number of anilines is 1. The van der Waals surface area contributed by atoms with Crippen molar-refractivity contribution in [3.8, 4) is 22.6 Å². The lowest BCUT2D eigenvalue weighted by Gasteiger charge is -2.11. The summed E-state index contributed by atoms with van der Waals surface area (Å²) in [5.74, 6) is -1.61. The van der Waals surface area contributed by atoms with Gasteiger partial charge in [0, 0.05) is 11.3 Å². The van der Waals surface area contributed by atoms with E-state index >= 15 is 0 Å². The number of aromatic hydroxyl groups is 2. The van der Waals surface area contributed by atoms with Crippen molar-refractivity contribution in [3.63, 3.8) is 0 Å². The van der Waals surface area contributed by atoms with Gasteiger partial charge in [0.25, 0.3) is 20.2 Å². The fourth-order valence-corrected chi connectivity index (χ4v) is 3.18. The Morgan fingerprint density at radius 1 is 0.826 bits per heavy atom. The van der Waals surface area contributed by atoms with Gasteiger partial charge in [0.2, 0.25) is 0 Å². The first kappa shape index (κ1) is 17.0. The molecule has 0 atom stereocenters. The normalized spacial score (nSPS) is 12.3. The molecule has 0 aliphatic rings. The summed E-state index contributed by atoms with van der Waals surface area (Å²) >= 11 is 0. The fourth-order valence-electron chi connectivity index (χ4n) is 1.93. The SMILES string of the molecule is Nc1cc(-c2ccc(O)c(S(=O)(=O)O)c2)c(O)c(S(=O)(=O)O)c1. The van der Waals surface area contributed by atoms with Gasteiger partial charge in [-0.2, -0.15) is 16.8 Å². The van der Waals surface area contributed by atoms with Crippen molar-refractivity contribution in [3.05, 3.63) is 30.3 Å². The van der Waals surface area contributed by atoms with Crippen LogP contribution < -0.4 is 5.73 Å². The molecule has 0 aliphatic carbocycles. The van der Waals surface area contributed by atoms with E-state index in [-0.39, 0.29) is 16.8 Å². The highest BCUT2D eigenvalue weighted by molar-refractivity contribution is 7.86. The molecule has 2 aromatic carbocycles. The molecular weight excluding hydrogens is 350 g/mol. The number of phenolic OH excluding ortho intramolecular Hbond substituents is 2. The monoisotopic (exact) mass is 361 g/mol. The molecule has 23 heavy (non-hydrogen) atoms. The molecule has 0 bridgehead atoms. The lowest BCUT2D eigenvalue weighted by atomic mass is 10.0. The van der Waals surface area contributed by atoms with E-state index in [1.165, 1.54) is 0 Å². The third-order valence-electron chi connectivity index (χ3n) is 2.92. The van der Waals surface area contributed by atoms with Gasteiger partial charge in [-0.15, -0.1) is 0 Å². The van der Waals surface area contributed by atoms with Crippen molar-refractivity contribution in [1.29, 1.82) is 0 Å². The van der Waals surface area contributed by atoms with Gasteiger partial charge < -0.3 is 15.9 Å². The lowest BCUT2D eigenvalue weighted by Crippen LogP contribution is -2.02. The first-order valence-electron chi connectivity index (χ1n) is 5.82. The van der Waals surface area contributed by atoms with E-state index in [0.29, 0.717) is 0 Å². The first-order chi connectivity index (χ1) is 10.4. The summed E-state index contributed by atoms with van der Waals surface area (Å²) in [5, 5.41) is 19.5. The van der Waals surface area contributed by atoms with Crippen molar-refractivity contribution in [2.24, 2.45) is 0 Å². The molecular formula is C12H11NO8S2. The minimum atomic E-state index is -4.78. The molecule has 0 heterocycles. The summed E-state index contributed by atoms with van der Waals surface area (Å²) in [6, 6.07) is 4.84. The van der Waals surface area contributed by atoms with Gasteiger partial charge in [0.15, 0.2) is 0 Å². The summed E-state index contributed by atoms with van der Waals surface area (Å²) in [4.78, 5) is -1.71.